The van der Waals surface area contributed by atoms with Crippen LogP contribution in [0.3, 0.4) is 0 Å². The van der Waals surface area contributed by atoms with Crippen molar-refractivity contribution in [3.63, 3.8) is 0 Å². The third-order valence-corrected chi connectivity index (χ3v) is 4.57. The van der Waals surface area contributed by atoms with Gasteiger partial charge >= 0.3 is 5.97 Å². The van der Waals surface area contributed by atoms with E-state index in [2.05, 4.69) is 12.2 Å². The molecule has 0 unspecified atom stereocenters. The monoisotopic (exact) mass is 289 g/mol. The van der Waals surface area contributed by atoms with E-state index >= 15 is 0 Å². The van der Waals surface area contributed by atoms with Crippen LogP contribution in [-0.4, -0.2) is 17.6 Å². The van der Waals surface area contributed by atoms with Gasteiger partial charge in [0, 0.05) is 6.54 Å². The topological polar surface area (TPSA) is 49.3 Å². The number of rotatable bonds is 7. The predicted octanol–water partition coefficient (Wildman–Crippen LogP) is 3.62. The van der Waals surface area contributed by atoms with Crippen molar-refractivity contribution in [3.8, 4) is 0 Å². The zero-order chi connectivity index (χ0) is 15.1. The molecule has 1 saturated carbocycles. The molecule has 0 spiro atoms. The summed E-state index contributed by atoms with van der Waals surface area (Å²) in [7, 11) is 0. The summed E-state index contributed by atoms with van der Waals surface area (Å²) < 4.78 is 0. The molecule has 3 nitrogen and oxygen atoms in total. The standard InChI is InChI=1S/C18H27NO2/c1-14-2-4-15(5-3-14)10-11-19-13-17-8-6-16(7-9-17)12-18(20)21/h6-9,14-15,19H,2-5,10-13H2,1H3,(H,20,21). The molecule has 0 bridgehead atoms. The van der Waals surface area contributed by atoms with Crippen LogP contribution in [0.5, 0.6) is 0 Å². The summed E-state index contributed by atoms with van der Waals surface area (Å²) in [6.45, 7) is 4.31. The Morgan fingerprint density at radius 2 is 1.76 bits per heavy atom. The van der Waals surface area contributed by atoms with Gasteiger partial charge in [-0.1, -0.05) is 56.9 Å². The van der Waals surface area contributed by atoms with E-state index in [0.717, 1.165) is 30.5 Å². The Kier molecular flexibility index (Phi) is 6.24. The van der Waals surface area contributed by atoms with Gasteiger partial charge in [-0.25, -0.2) is 0 Å². The lowest BCUT2D eigenvalue weighted by molar-refractivity contribution is -0.136. The molecule has 0 heterocycles. The maximum atomic E-state index is 10.6. The zero-order valence-electron chi connectivity index (χ0n) is 13.0. The summed E-state index contributed by atoms with van der Waals surface area (Å²) >= 11 is 0. The van der Waals surface area contributed by atoms with Crippen LogP contribution in [0.25, 0.3) is 0 Å². The van der Waals surface area contributed by atoms with Crippen molar-refractivity contribution in [3.05, 3.63) is 35.4 Å². The average Bonchev–Trinajstić information content (AvgIpc) is 2.46. The summed E-state index contributed by atoms with van der Waals surface area (Å²) in [5, 5.41) is 12.2. The highest BCUT2D eigenvalue weighted by Crippen LogP contribution is 2.29. The Labute approximate surface area is 127 Å². The van der Waals surface area contributed by atoms with E-state index in [1.807, 2.05) is 24.3 Å². The fourth-order valence-corrected chi connectivity index (χ4v) is 3.11. The van der Waals surface area contributed by atoms with E-state index in [1.54, 1.807) is 0 Å². The molecule has 0 aliphatic heterocycles. The fourth-order valence-electron chi connectivity index (χ4n) is 3.11. The number of benzene rings is 1. The molecule has 0 amide bonds. The smallest absolute Gasteiger partial charge is 0.307 e. The quantitative estimate of drug-likeness (QED) is 0.754. The van der Waals surface area contributed by atoms with Crippen LogP contribution >= 0.6 is 0 Å². The van der Waals surface area contributed by atoms with Gasteiger partial charge in [-0.05, 0) is 35.9 Å². The van der Waals surface area contributed by atoms with E-state index in [-0.39, 0.29) is 6.42 Å². The maximum Gasteiger partial charge on any atom is 0.307 e. The van der Waals surface area contributed by atoms with Gasteiger partial charge in [0.05, 0.1) is 6.42 Å². The van der Waals surface area contributed by atoms with Gasteiger partial charge in [-0.15, -0.1) is 0 Å². The minimum Gasteiger partial charge on any atom is -0.481 e. The van der Waals surface area contributed by atoms with Crippen molar-refractivity contribution in [1.29, 1.82) is 0 Å². The lowest BCUT2D eigenvalue weighted by Gasteiger charge is -2.26. The van der Waals surface area contributed by atoms with Crippen molar-refractivity contribution < 1.29 is 9.90 Å². The number of hydrogen-bond acceptors (Lipinski definition) is 2. The van der Waals surface area contributed by atoms with E-state index in [0.29, 0.717) is 0 Å². The highest BCUT2D eigenvalue weighted by atomic mass is 16.4. The molecule has 1 aromatic carbocycles. The van der Waals surface area contributed by atoms with Crippen LogP contribution in [0.1, 0.15) is 50.2 Å². The lowest BCUT2D eigenvalue weighted by atomic mass is 9.81. The fraction of sp³-hybridized carbons (Fsp3) is 0.611. The molecule has 3 heteroatoms. The van der Waals surface area contributed by atoms with Crippen molar-refractivity contribution in [1.82, 2.24) is 5.32 Å². The molecule has 116 valence electrons. The zero-order valence-corrected chi connectivity index (χ0v) is 13.0. The Bertz CT molecular complexity index is 433. The number of nitrogens with one attached hydrogen (secondary N) is 1. The SMILES string of the molecule is CC1CCC(CCNCc2ccc(CC(=O)O)cc2)CC1. The number of carboxylic acid groups (broad SMARTS) is 1. The summed E-state index contributed by atoms with van der Waals surface area (Å²) in [6, 6.07) is 7.86. The molecule has 1 fully saturated rings. The molecule has 2 N–H and O–H groups in total. The number of carbonyl (C=O) groups is 1. The van der Waals surface area contributed by atoms with Gasteiger partial charge in [-0.3, -0.25) is 4.79 Å². The first-order chi connectivity index (χ1) is 10.1. The van der Waals surface area contributed by atoms with Crippen molar-refractivity contribution >= 4 is 5.97 Å². The van der Waals surface area contributed by atoms with E-state index in [4.69, 9.17) is 5.11 Å². The molecular formula is C18H27NO2. The number of aliphatic carboxylic acids is 1. The minimum absolute atomic E-state index is 0.105. The average molecular weight is 289 g/mol. The normalized spacial score (nSPS) is 22.1. The first-order valence-electron chi connectivity index (χ1n) is 8.14. The second-order valence-electron chi connectivity index (χ2n) is 6.48. The van der Waals surface area contributed by atoms with Crippen LogP contribution in [0.4, 0.5) is 0 Å². The lowest BCUT2D eigenvalue weighted by Crippen LogP contribution is -2.20. The molecule has 0 saturated heterocycles. The number of carboxylic acids is 1. The third kappa shape index (κ3) is 5.88. The maximum absolute atomic E-state index is 10.6. The second kappa shape index (κ2) is 8.18. The van der Waals surface area contributed by atoms with Gasteiger partial charge in [-0.2, -0.15) is 0 Å². The van der Waals surface area contributed by atoms with Gasteiger partial charge in [0.2, 0.25) is 0 Å². The van der Waals surface area contributed by atoms with Crippen molar-refractivity contribution in [2.45, 2.75) is 52.0 Å². The molecule has 0 radical (unpaired) electrons. The molecule has 1 aliphatic carbocycles. The van der Waals surface area contributed by atoms with Crippen LogP contribution in [0.15, 0.2) is 24.3 Å². The van der Waals surface area contributed by atoms with Gasteiger partial charge < -0.3 is 10.4 Å². The van der Waals surface area contributed by atoms with Gasteiger partial charge in [0.1, 0.15) is 0 Å². The summed E-state index contributed by atoms with van der Waals surface area (Å²) in [5.41, 5.74) is 2.09. The van der Waals surface area contributed by atoms with Crippen LogP contribution in [0, 0.1) is 11.8 Å². The minimum atomic E-state index is -0.775. The predicted molar refractivity (Wildman–Crippen MR) is 85.2 cm³/mol. The van der Waals surface area contributed by atoms with Crippen LogP contribution in [-0.2, 0) is 17.8 Å². The highest BCUT2D eigenvalue weighted by molar-refractivity contribution is 5.70. The Hall–Kier alpha value is -1.35. The van der Waals surface area contributed by atoms with E-state index in [1.165, 1.54) is 37.7 Å². The van der Waals surface area contributed by atoms with Crippen molar-refractivity contribution in [2.75, 3.05) is 6.54 Å². The first-order valence-corrected chi connectivity index (χ1v) is 8.14. The summed E-state index contributed by atoms with van der Waals surface area (Å²) in [5.74, 6) is 1.06. The summed E-state index contributed by atoms with van der Waals surface area (Å²) in [6.07, 6.45) is 6.97. The van der Waals surface area contributed by atoms with E-state index < -0.39 is 5.97 Å². The molecule has 0 atom stereocenters. The van der Waals surface area contributed by atoms with E-state index in [9.17, 15) is 4.79 Å². The first kappa shape index (κ1) is 16.0. The third-order valence-electron chi connectivity index (χ3n) is 4.57. The Morgan fingerprint density at radius 3 is 2.38 bits per heavy atom. The Balaban J connectivity index is 1.63. The van der Waals surface area contributed by atoms with Crippen molar-refractivity contribution in [2.24, 2.45) is 11.8 Å². The largest absolute Gasteiger partial charge is 0.481 e. The molecule has 1 aromatic rings. The Morgan fingerprint density at radius 1 is 1.14 bits per heavy atom. The highest BCUT2D eigenvalue weighted by Gasteiger charge is 2.17. The van der Waals surface area contributed by atoms with Crippen LogP contribution in [0.2, 0.25) is 0 Å². The van der Waals surface area contributed by atoms with Gasteiger partial charge in [0.15, 0.2) is 0 Å². The molecule has 0 aromatic heterocycles. The van der Waals surface area contributed by atoms with Gasteiger partial charge in [0.25, 0.3) is 0 Å². The van der Waals surface area contributed by atoms with Crippen LogP contribution < -0.4 is 5.32 Å². The second-order valence-corrected chi connectivity index (χ2v) is 6.48. The molecule has 2 rings (SSSR count). The molecule has 1 aliphatic rings. The number of hydrogen-bond donors (Lipinski definition) is 2. The molecule has 21 heavy (non-hydrogen) atoms. The molecular weight excluding hydrogens is 262 g/mol. The summed E-state index contributed by atoms with van der Waals surface area (Å²) in [4.78, 5) is 10.6.